The maximum Gasteiger partial charge on any atom is 0.164 e. The van der Waals surface area contributed by atoms with Gasteiger partial charge in [-0.15, -0.1) is 11.3 Å². The van der Waals surface area contributed by atoms with Gasteiger partial charge in [0.05, 0.1) is 66.2 Å². The number of fused-ring (bicyclic) bond motifs is 28. The van der Waals surface area contributed by atoms with Crippen molar-refractivity contribution < 1.29 is 0 Å². The van der Waals surface area contributed by atoms with Crippen LogP contribution in [0.3, 0.4) is 0 Å². The molecule has 0 N–H and O–H groups in total. The predicted octanol–water partition coefficient (Wildman–Crippen LogP) is 32.4. The summed E-state index contributed by atoms with van der Waals surface area (Å²) in [5.41, 5.74) is 27.6. The highest BCUT2D eigenvalue weighted by molar-refractivity contribution is 7.25. The average Bonchev–Trinajstić information content (AvgIpc) is 1.54. The van der Waals surface area contributed by atoms with Crippen LogP contribution >= 0.6 is 11.3 Å². The van der Waals surface area contributed by atoms with Gasteiger partial charge >= 0.3 is 0 Å². The number of hydrogen-bond acceptors (Lipinski definition) is 4. The van der Waals surface area contributed by atoms with Gasteiger partial charge < -0.3 is 22.5 Å². The van der Waals surface area contributed by atoms with Crippen LogP contribution in [0.25, 0.3) is 289 Å². The number of benzene rings is 21. The molecule has 9 aromatic heterocycles. The summed E-state index contributed by atoms with van der Waals surface area (Å²) in [7, 11) is 0. The summed E-state index contributed by atoms with van der Waals surface area (Å²) in [6.45, 7) is 0. The van der Waals surface area contributed by atoms with Crippen LogP contribution in [-0.2, 0) is 0 Å². The van der Waals surface area contributed by atoms with Crippen LogP contribution in [0.5, 0.6) is 0 Å². The van der Waals surface area contributed by atoms with Crippen LogP contribution in [0, 0.1) is 0 Å². The van der Waals surface area contributed by atoms with E-state index in [9.17, 15) is 0 Å². The molecule has 0 spiro atoms. The smallest absolute Gasteiger partial charge is 0.164 e. The Morgan fingerprint density at radius 1 is 0.162 bits per heavy atom. The molecular weight excluding hydrogens is 1600 g/mol. The van der Waals surface area contributed by atoms with Crippen LogP contribution in [-0.4, -0.2) is 37.5 Å². The van der Waals surface area contributed by atoms with Crippen molar-refractivity contribution in [3.05, 3.63) is 413 Å². The summed E-state index contributed by atoms with van der Waals surface area (Å²) < 4.78 is 15.1. The first-order chi connectivity index (χ1) is 64.4. The van der Waals surface area contributed by atoms with Crippen LogP contribution in [0.4, 0.5) is 0 Å². The zero-order valence-electron chi connectivity index (χ0n) is 69.7. The quantitative estimate of drug-likeness (QED) is 0.145. The maximum atomic E-state index is 5.21. The fourth-order valence-corrected chi connectivity index (χ4v) is 23.6. The van der Waals surface area contributed by atoms with Gasteiger partial charge in [-0.05, 0) is 234 Å². The van der Waals surface area contributed by atoms with E-state index >= 15 is 0 Å². The maximum absolute atomic E-state index is 5.21. The first kappa shape index (κ1) is 70.2. The Labute approximate surface area is 745 Å². The highest BCUT2D eigenvalue weighted by Gasteiger charge is 2.27. The zero-order chi connectivity index (χ0) is 84.4. The molecule has 0 saturated heterocycles. The van der Waals surface area contributed by atoms with Gasteiger partial charge in [-0.1, -0.05) is 255 Å². The van der Waals surface area contributed by atoms with Gasteiger partial charge in [-0.3, -0.25) is 0 Å². The second kappa shape index (κ2) is 26.3. The third kappa shape index (κ3) is 10.0. The summed E-state index contributed by atoms with van der Waals surface area (Å²) in [6, 6.07) is 154. The van der Waals surface area contributed by atoms with E-state index in [0.29, 0.717) is 17.5 Å². The van der Waals surface area contributed by atoms with Crippen molar-refractivity contribution in [3.8, 4) is 84.6 Å². The average molecular weight is 1670 g/mol. The Balaban J connectivity index is 0.513. The third-order valence-corrected chi connectivity index (χ3v) is 29.6. The van der Waals surface area contributed by atoms with Crippen molar-refractivity contribution in [3.63, 3.8) is 0 Å². The fourth-order valence-electron chi connectivity index (χ4n) is 22.5. The van der Waals surface area contributed by atoms with Crippen molar-refractivity contribution in [2.24, 2.45) is 0 Å². The number of thiophene rings is 1. The third-order valence-electron chi connectivity index (χ3n) is 28.5. The Bertz CT molecular complexity index is 10200. The van der Waals surface area contributed by atoms with Crippen molar-refractivity contribution in [2.45, 2.75) is 0 Å². The van der Waals surface area contributed by atoms with Gasteiger partial charge in [-0.2, -0.15) is 0 Å². The molecule has 30 rings (SSSR count). The Kier molecular flexibility index (Phi) is 14.2. The minimum atomic E-state index is 0.624. The molecule has 30 aromatic rings. The monoisotopic (exact) mass is 1660 g/mol. The summed E-state index contributed by atoms with van der Waals surface area (Å²) in [4.78, 5) is 15.5. The lowest BCUT2D eigenvalue weighted by Gasteiger charge is -2.12. The first-order valence-electron chi connectivity index (χ1n) is 44.6. The van der Waals surface area contributed by atoms with E-state index in [2.05, 4.69) is 417 Å². The SMILES string of the molecule is c1ccc(-c2nc(-c3ccc(-c4ccc5c(c4)c4cc6cc7c8cccc9c%10cc(-c%11ccc%12c%13ccccc%13n(-c%13ccc(-n%14c%15ccccc%15c%15cc%16cc%17c%18cc(-c%19ccc%20c(c%19)sc%19ccccc%19%20)cc%19c%20ccccc%20n(c%17cc%16cc%15%14)c%19%18)cc%13)c%12c%11)ccc%10n(c7cc6cc4n5-c4ccc5ccccc5c4)c98)cc3)nc(-c3cccc4ccccc34)n2)cc1. The van der Waals surface area contributed by atoms with Crippen LogP contribution in [0.15, 0.2) is 413 Å². The number of hydrogen-bond donors (Lipinski definition) is 0. The van der Waals surface area contributed by atoms with E-state index in [4.69, 9.17) is 15.0 Å². The van der Waals surface area contributed by atoms with E-state index in [1.54, 1.807) is 0 Å². The molecule has 9 heterocycles. The number of nitrogens with zero attached hydrogens (tertiary/aromatic N) is 8. The number of rotatable bonds is 9. The molecule has 0 aliphatic carbocycles. The molecule has 21 aromatic carbocycles. The number of aromatic nitrogens is 8. The van der Waals surface area contributed by atoms with E-state index in [1.165, 1.54) is 200 Å². The van der Waals surface area contributed by atoms with Gasteiger partial charge in [0, 0.05) is 129 Å². The molecule has 0 aliphatic rings. The first-order valence-corrected chi connectivity index (χ1v) is 45.4. The minimum absolute atomic E-state index is 0.624. The molecule has 0 amide bonds. The minimum Gasteiger partial charge on any atom is -0.309 e. The molecule has 0 saturated carbocycles. The van der Waals surface area contributed by atoms with Crippen LogP contribution < -0.4 is 0 Å². The Morgan fingerprint density at radius 3 is 1.25 bits per heavy atom. The van der Waals surface area contributed by atoms with Crippen LogP contribution in [0.2, 0.25) is 0 Å². The van der Waals surface area contributed by atoms with Crippen molar-refractivity contribution in [1.82, 2.24) is 37.5 Å². The zero-order valence-corrected chi connectivity index (χ0v) is 70.6. The molecule has 0 unspecified atom stereocenters. The second-order valence-electron chi connectivity index (χ2n) is 35.4. The van der Waals surface area contributed by atoms with Gasteiger partial charge in [0.25, 0.3) is 0 Å². The predicted molar refractivity (Wildman–Crippen MR) is 548 cm³/mol. The van der Waals surface area contributed by atoms with Gasteiger partial charge in [0.15, 0.2) is 17.5 Å². The standard InChI is InChI=1S/C121H68N8S/c1-2-20-72(21-3-1)119-122-120(124-121(123-119)96-31-16-23-71-19-6-7-24-87(71)96)73-38-36-70(37-39-73)75-43-52-108-100(55-75)101-59-81-58-99-95-30-17-29-94-98-56-76(44-53-109(98)129(117(94)95)113(99)66-83(81)65-112(101)127(108)86-45-40-69-18-4-5-22-74(69)54-86)77-41-50-91-88-25-8-12-32-105(88)125(110(91)63-77)84-46-48-85(49-47-84)126-106-33-13-9-26-89(106)97-57-80-60-102-104-62-79(78-42-51-93-92-28-11-15-35-115(92)130-116(93)68-78)61-103-90-27-10-14-34-107(90)128(118(103)104)114(102)67-82(80)64-111(97)126/h1-68H. The molecule has 0 aliphatic heterocycles. The van der Waals surface area contributed by atoms with Crippen molar-refractivity contribution in [2.75, 3.05) is 0 Å². The highest BCUT2D eigenvalue weighted by Crippen LogP contribution is 2.50. The lowest BCUT2D eigenvalue weighted by molar-refractivity contribution is 1.08. The summed E-state index contributed by atoms with van der Waals surface area (Å²) in [6.07, 6.45) is 0. The molecule has 0 bridgehead atoms. The van der Waals surface area contributed by atoms with E-state index in [1.807, 2.05) is 29.5 Å². The van der Waals surface area contributed by atoms with Crippen LogP contribution in [0.1, 0.15) is 0 Å². The molecule has 130 heavy (non-hydrogen) atoms. The molecule has 8 nitrogen and oxygen atoms in total. The second-order valence-corrected chi connectivity index (χ2v) is 36.4. The summed E-state index contributed by atoms with van der Waals surface area (Å²) >= 11 is 1.88. The fraction of sp³-hybridized carbons (Fsp3) is 0. The normalized spacial score (nSPS) is 12.5. The number of para-hydroxylation sites is 4. The Morgan fingerprint density at radius 2 is 0.546 bits per heavy atom. The van der Waals surface area contributed by atoms with E-state index in [-0.39, 0.29) is 0 Å². The molecule has 598 valence electrons. The van der Waals surface area contributed by atoms with E-state index in [0.717, 1.165) is 72.2 Å². The van der Waals surface area contributed by atoms with E-state index < -0.39 is 0 Å². The molecule has 0 atom stereocenters. The molecular formula is C121H68N8S. The molecule has 0 radical (unpaired) electrons. The highest BCUT2D eigenvalue weighted by atomic mass is 32.1. The summed E-state index contributed by atoms with van der Waals surface area (Å²) in [5.74, 6) is 1.90. The topological polar surface area (TPSA) is 62.3 Å². The van der Waals surface area contributed by atoms with Crippen molar-refractivity contribution in [1.29, 1.82) is 0 Å². The Hall–Kier alpha value is -17.1. The largest absolute Gasteiger partial charge is 0.309 e. The summed E-state index contributed by atoms with van der Waals surface area (Å²) in [5, 5.41) is 29.5. The van der Waals surface area contributed by atoms with Gasteiger partial charge in [-0.25, -0.2) is 15.0 Å². The van der Waals surface area contributed by atoms with Gasteiger partial charge in [0.2, 0.25) is 0 Å². The van der Waals surface area contributed by atoms with Gasteiger partial charge in [0.1, 0.15) is 0 Å². The molecule has 9 heteroatoms. The van der Waals surface area contributed by atoms with Crippen molar-refractivity contribution >= 4 is 216 Å². The molecule has 0 fully saturated rings. The lowest BCUT2D eigenvalue weighted by atomic mass is 9.97. The lowest BCUT2D eigenvalue weighted by Crippen LogP contribution is -2.00.